The average molecular weight is 427 g/mol. The van der Waals surface area contributed by atoms with Gasteiger partial charge in [-0.25, -0.2) is 0 Å². The van der Waals surface area contributed by atoms with Gasteiger partial charge in [-0.1, -0.05) is 24.3 Å². The fraction of sp³-hybridized carbons (Fsp3) is 0.500. The number of methoxy groups -OCH3 is 1. The van der Waals surface area contributed by atoms with E-state index in [1.165, 1.54) is 21.6 Å². The number of carbonyl (C=O) groups is 2. The van der Waals surface area contributed by atoms with Crippen molar-refractivity contribution < 1.29 is 14.3 Å². The Balaban J connectivity index is 1.58. The Morgan fingerprint density at radius 3 is 2.73 bits per heavy atom. The van der Waals surface area contributed by atoms with Gasteiger partial charge in [0.05, 0.1) is 12.6 Å². The van der Waals surface area contributed by atoms with Gasteiger partial charge in [-0.3, -0.25) is 9.59 Å². The van der Waals surface area contributed by atoms with E-state index in [-0.39, 0.29) is 30.3 Å². The lowest BCUT2D eigenvalue weighted by Gasteiger charge is -2.38. The molecule has 1 aliphatic carbocycles. The van der Waals surface area contributed by atoms with Gasteiger partial charge in [-0.15, -0.1) is 11.3 Å². The second-order valence-corrected chi connectivity index (χ2v) is 9.28. The SMILES string of the molecule is COCCCN(CC(=O)N1CCc2sccc2C1c1ccccc1C)C(=O)C1CC1. The molecule has 1 saturated carbocycles. The van der Waals surface area contributed by atoms with Gasteiger partial charge in [-0.05, 0) is 60.7 Å². The normalized spacial score (nSPS) is 18.2. The van der Waals surface area contributed by atoms with Crippen LogP contribution in [-0.4, -0.2) is 55.0 Å². The number of hydrogen-bond acceptors (Lipinski definition) is 4. The first kappa shape index (κ1) is 21.1. The number of amides is 2. The van der Waals surface area contributed by atoms with E-state index in [4.69, 9.17) is 4.74 Å². The zero-order chi connectivity index (χ0) is 21.1. The Hall–Kier alpha value is -2.18. The summed E-state index contributed by atoms with van der Waals surface area (Å²) in [5.41, 5.74) is 3.59. The lowest BCUT2D eigenvalue weighted by atomic mass is 9.90. The summed E-state index contributed by atoms with van der Waals surface area (Å²) >= 11 is 1.77. The van der Waals surface area contributed by atoms with Crippen molar-refractivity contribution in [3.63, 3.8) is 0 Å². The summed E-state index contributed by atoms with van der Waals surface area (Å²) in [7, 11) is 1.66. The standard InChI is InChI=1S/C24H30N2O3S/c1-17-6-3-4-7-19(17)23-20-11-15-30-21(20)10-13-26(23)22(27)16-25(12-5-14-29-2)24(28)18-8-9-18/h3-4,6-7,11,15,18,23H,5,8-10,12-14,16H2,1-2H3. The molecular formula is C24H30N2O3S. The molecule has 6 heteroatoms. The van der Waals surface area contributed by atoms with Crippen LogP contribution >= 0.6 is 11.3 Å². The maximum atomic E-state index is 13.5. The van der Waals surface area contributed by atoms with Crippen LogP contribution in [0, 0.1) is 12.8 Å². The molecule has 0 bridgehead atoms. The monoisotopic (exact) mass is 426 g/mol. The predicted molar refractivity (Wildman–Crippen MR) is 119 cm³/mol. The van der Waals surface area contributed by atoms with Crippen molar-refractivity contribution in [1.29, 1.82) is 0 Å². The number of nitrogens with zero attached hydrogens (tertiary/aromatic N) is 2. The van der Waals surface area contributed by atoms with Gasteiger partial charge in [0.25, 0.3) is 0 Å². The zero-order valence-electron chi connectivity index (χ0n) is 17.8. The highest BCUT2D eigenvalue weighted by molar-refractivity contribution is 7.10. The van der Waals surface area contributed by atoms with E-state index in [1.54, 1.807) is 23.3 Å². The first-order valence-electron chi connectivity index (χ1n) is 10.8. The Morgan fingerprint density at radius 1 is 1.20 bits per heavy atom. The van der Waals surface area contributed by atoms with Crippen LogP contribution in [0.15, 0.2) is 35.7 Å². The van der Waals surface area contributed by atoms with E-state index >= 15 is 0 Å². The molecule has 4 rings (SSSR count). The second-order valence-electron chi connectivity index (χ2n) is 8.28. The number of carbonyl (C=O) groups excluding carboxylic acids is 2. The van der Waals surface area contributed by atoms with E-state index in [2.05, 4.69) is 30.5 Å². The van der Waals surface area contributed by atoms with Crippen LogP contribution in [0.3, 0.4) is 0 Å². The van der Waals surface area contributed by atoms with Crippen molar-refractivity contribution >= 4 is 23.2 Å². The Morgan fingerprint density at radius 2 is 2.00 bits per heavy atom. The number of hydrogen-bond donors (Lipinski definition) is 0. The van der Waals surface area contributed by atoms with Crippen LogP contribution < -0.4 is 0 Å². The Labute approximate surface area is 182 Å². The van der Waals surface area contributed by atoms with Gasteiger partial charge in [0.1, 0.15) is 0 Å². The zero-order valence-corrected chi connectivity index (χ0v) is 18.6. The predicted octanol–water partition coefficient (Wildman–Crippen LogP) is 3.81. The minimum atomic E-state index is -0.0782. The van der Waals surface area contributed by atoms with Gasteiger partial charge in [-0.2, -0.15) is 0 Å². The number of ether oxygens (including phenoxy) is 1. The van der Waals surface area contributed by atoms with E-state index in [0.29, 0.717) is 19.7 Å². The van der Waals surface area contributed by atoms with Crippen LogP contribution in [0.25, 0.3) is 0 Å². The summed E-state index contributed by atoms with van der Waals surface area (Å²) in [6.45, 7) is 4.11. The highest BCUT2D eigenvalue weighted by Gasteiger charge is 2.37. The lowest BCUT2D eigenvalue weighted by Crippen LogP contribution is -2.47. The number of rotatable bonds is 8. The fourth-order valence-corrected chi connectivity index (χ4v) is 5.23. The molecule has 2 aromatic rings. The maximum Gasteiger partial charge on any atom is 0.242 e. The molecule has 1 fully saturated rings. The molecule has 2 heterocycles. The van der Waals surface area contributed by atoms with Crippen molar-refractivity contribution in [2.24, 2.45) is 5.92 Å². The van der Waals surface area contributed by atoms with Crippen molar-refractivity contribution in [3.8, 4) is 0 Å². The van der Waals surface area contributed by atoms with Crippen molar-refractivity contribution in [2.45, 2.75) is 38.6 Å². The minimum absolute atomic E-state index is 0.0338. The number of benzene rings is 1. The third kappa shape index (κ3) is 4.44. The summed E-state index contributed by atoms with van der Waals surface area (Å²) in [5, 5.41) is 2.12. The largest absolute Gasteiger partial charge is 0.385 e. The Kier molecular flexibility index (Phi) is 6.54. The van der Waals surface area contributed by atoms with E-state index < -0.39 is 0 Å². The third-order valence-corrected chi connectivity index (χ3v) is 7.11. The van der Waals surface area contributed by atoms with Crippen molar-refractivity contribution in [2.75, 3.05) is 33.4 Å². The third-order valence-electron chi connectivity index (χ3n) is 6.11. The molecule has 0 N–H and O–H groups in total. The molecule has 0 saturated heterocycles. The molecule has 5 nitrogen and oxygen atoms in total. The molecule has 2 aliphatic rings. The molecule has 0 spiro atoms. The number of aryl methyl sites for hydroxylation is 1. The fourth-order valence-electron chi connectivity index (χ4n) is 4.32. The van der Waals surface area contributed by atoms with Crippen LogP contribution in [0.5, 0.6) is 0 Å². The van der Waals surface area contributed by atoms with E-state index in [0.717, 1.165) is 25.7 Å². The summed E-state index contributed by atoms with van der Waals surface area (Å²) < 4.78 is 5.16. The smallest absolute Gasteiger partial charge is 0.242 e. The van der Waals surface area contributed by atoms with Crippen molar-refractivity contribution in [1.82, 2.24) is 9.80 Å². The first-order valence-corrected chi connectivity index (χ1v) is 11.7. The average Bonchev–Trinajstić information content (AvgIpc) is 3.49. The highest BCUT2D eigenvalue weighted by Crippen LogP contribution is 2.39. The topological polar surface area (TPSA) is 49.9 Å². The molecule has 1 aliphatic heterocycles. The van der Waals surface area contributed by atoms with Gasteiger partial charge in [0, 0.05) is 37.6 Å². The van der Waals surface area contributed by atoms with Gasteiger partial charge in [0.2, 0.25) is 11.8 Å². The van der Waals surface area contributed by atoms with Crippen LogP contribution in [0.4, 0.5) is 0 Å². The number of fused-ring (bicyclic) bond motifs is 1. The summed E-state index contributed by atoms with van der Waals surface area (Å²) in [5.74, 6) is 0.268. The summed E-state index contributed by atoms with van der Waals surface area (Å²) in [6.07, 6.45) is 3.52. The first-order chi connectivity index (χ1) is 14.6. The summed E-state index contributed by atoms with van der Waals surface area (Å²) in [6, 6.07) is 10.4. The minimum Gasteiger partial charge on any atom is -0.385 e. The lowest BCUT2D eigenvalue weighted by molar-refractivity contribution is -0.142. The molecule has 1 aromatic carbocycles. The van der Waals surface area contributed by atoms with E-state index in [9.17, 15) is 9.59 Å². The Bertz CT molecular complexity index is 905. The van der Waals surface area contributed by atoms with Crippen LogP contribution in [0.2, 0.25) is 0 Å². The van der Waals surface area contributed by atoms with E-state index in [1.807, 2.05) is 17.0 Å². The van der Waals surface area contributed by atoms with Crippen LogP contribution in [0.1, 0.15) is 46.9 Å². The van der Waals surface area contributed by atoms with Gasteiger partial charge in [0.15, 0.2) is 0 Å². The molecule has 1 aromatic heterocycles. The molecule has 2 amide bonds. The highest BCUT2D eigenvalue weighted by atomic mass is 32.1. The molecule has 160 valence electrons. The molecular weight excluding hydrogens is 396 g/mol. The molecule has 1 atom stereocenters. The summed E-state index contributed by atoms with van der Waals surface area (Å²) in [4.78, 5) is 31.4. The molecule has 0 radical (unpaired) electrons. The van der Waals surface area contributed by atoms with Crippen molar-refractivity contribution in [3.05, 3.63) is 57.3 Å². The molecule has 30 heavy (non-hydrogen) atoms. The van der Waals surface area contributed by atoms with Gasteiger partial charge < -0.3 is 14.5 Å². The molecule has 1 unspecified atom stereocenters. The van der Waals surface area contributed by atoms with Gasteiger partial charge >= 0.3 is 0 Å². The quantitative estimate of drug-likeness (QED) is 0.603. The second kappa shape index (κ2) is 9.31. The number of thiophene rings is 1. The maximum absolute atomic E-state index is 13.5. The van der Waals surface area contributed by atoms with Crippen LogP contribution in [-0.2, 0) is 20.7 Å².